The van der Waals surface area contributed by atoms with Crippen LogP contribution in [0.25, 0.3) is 0 Å². The summed E-state index contributed by atoms with van der Waals surface area (Å²) in [6, 6.07) is 0.126. The van der Waals surface area contributed by atoms with Crippen molar-refractivity contribution >= 4 is 0 Å². The van der Waals surface area contributed by atoms with Gasteiger partial charge in [0.05, 0.1) is 12.2 Å². The topological polar surface area (TPSA) is 35.2 Å². The van der Waals surface area contributed by atoms with E-state index in [1.54, 1.807) is 0 Å². The monoisotopic (exact) mass is 185 g/mol. The van der Waals surface area contributed by atoms with Crippen molar-refractivity contribution in [1.82, 2.24) is 0 Å². The van der Waals surface area contributed by atoms with Gasteiger partial charge in [0, 0.05) is 6.04 Å². The average Bonchev–Trinajstić information content (AvgIpc) is 1.79. The van der Waals surface area contributed by atoms with Crippen molar-refractivity contribution in [3.05, 3.63) is 0 Å². The van der Waals surface area contributed by atoms with Crippen molar-refractivity contribution in [1.29, 1.82) is 0 Å². The van der Waals surface area contributed by atoms with Crippen molar-refractivity contribution in [3.8, 4) is 0 Å². The largest absolute Gasteiger partial charge is 0.373 e. The molecule has 2 heteroatoms. The maximum Gasteiger partial charge on any atom is 0.0775 e. The highest BCUT2D eigenvalue weighted by Crippen LogP contribution is 2.31. The molecular weight excluding hydrogens is 162 g/mol. The van der Waals surface area contributed by atoms with E-state index in [2.05, 4.69) is 20.8 Å². The molecule has 13 heavy (non-hydrogen) atoms. The molecule has 1 rings (SSSR count). The minimum Gasteiger partial charge on any atom is -0.373 e. The third-order valence-corrected chi connectivity index (χ3v) is 2.72. The van der Waals surface area contributed by atoms with Crippen LogP contribution in [0.5, 0.6) is 0 Å². The summed E-state index contributed by atoms with van der Waals surface area (Å²) in [5, 5.41) is 0. The number of hydrogen-bond donors (Lipinski definition) is 1. The molecular formula is C11H23NO. The Labute approximate surface area is 81.8 Å². The Kier molecular flexibility index (Phi) is 3.36. The first-order valence-corrected chi connectivity index (χ1v) is 5.32. The smallest absolute Gasteiger partial charge is 0.0775 e. The van der Waals surface area contributed by atoms with Gasteiger partial charge in [-0.05, 0) is 31.6 Å². The van der Waals surface area contributed by atoms with Gasteiger partial charge in [-0.3, -0.25) is 0 Å². The van der Waals surface area contributed by atoms with E-state index in [4.69, 9.17) is 10.5 Å². The Morgan fingerprint density at radius 3 is 2.08 bits per heavy atom. The normalized spacial score (nSPS) is 23.8. The third-order valence-electron chi connectivity index (χ3n) is 2.72. The fraction of sp³-hybridized carbons (Fsp3) is 1.00. The van der Waals surface area contributed by atoms with E-state index < -0.39 is 0 Å². The molecule has 0 aromatic carbocycles. The molecule has 1 aliphatic rings. The lowest BCUT2D eigenvalue weighted by atomic mass is 9.84. The van der Waals surface area contributed by atoms with E-state index in [9.17, 15) is 0 Å². The Balaban J connectivity index is 2.46. The van der Waals surface area contributed by atoms with Gasteiger partial charge >= 0.3 is 0 Å². The predicted octanol–water partition coefficient (Wildman–Crippen LogP) is 2.32. The molecule has 1 aliphatic carbocycles. The average molecular weight is 185 g/mol. The maximum absolute atomic E-state index is 5.99. The molecule has 0 heterocycles. The molecule has 0 amide bonds. The molecule has 2 nitrogen and oxygen atoms in total. The summed E-state index contributed by atoms with van der Waals surface area (Å²) in [4.78, 5) is 0. The quantitative estimate of drug-likeness (QED) is 0.732. The fourth-order valence-electron chi connectivity index (χ4n) is 1.83. The first-order chi connectivity index (χ1) is 5.91. The van der Waals surface area contributed by atoms with Gasteiger partial charge in [0.1, 0.15) is 0 Å². The van der Waals surface area contributed by atoms with Crippen LogP contribution in [0.15, 0.2) is 0 Å². The molecule has 0 saturated heterocycles. The van der Waals surface area contributed by atoms with Crippen molar-refractivity contribution in [3.63, 3.8) is 0 Å². The van der Waals surface area contributed by atoms with E-state index in [-0.39, 0.29) is 17.6 Å². The molecule has 0 bridgehead atoms. The molecule has 2 N–H and O–H groups in total. The van der Waals surface area contributed by atoms with Crippen molar-refractivity contribution < 1.29 is 4.74 Å². The summed E-state index contributed by atoms with van der Waals surface area (Å²) >= 11 is 0. The van der Waals surface area contributed by atoms with Crippen LogP contribution in [0.3, 0.4) is 0 Å². The van der Waals surface area contributed by atoms with Crippen LogP contribution in [-0.2, 0) is 4.74 Å². The Hall–Kier alpha value is -0.0800. The molecule has 2 unspecified atom stereocenters. The molecule has 1 saturated carbocycles. The van der Waals surface area contributed by atoms with Crippen LogP contribution in [0.2, 0.25) is 0 Å². The van der Waals surface area contributed by atoms with Crippen LogP contribution in [-0.4, -0.2) is 18.2 Å². The maximum atomic E-state index is 5.99. The summed E-state index contributed by atoms with van der Waals surface area (Å²) in [5.41, 5.74) is 6.08. The van der Waals surface area contributed by atoms with Crippen LogP contribution < -0.4 is 5.73 Å². The zero-order chi connectivity index (χ0) is 10.1. The number of ether oxygens (including phenoxy) is 1. The lowest BCUT2D eigenvalue weighted by molar-refractivity contribution is -0.103. The minimum absolute atomic E-state index is 0.126. The molecule has 2 atom stereocenters. The summed E-state index contributed by atoms with van der Waals surface area (Å²) in [5.74, 6) is 0. The molecule has 78 valence electrons. The first kappa shape index (κ1) is 11.0. The SMILES string of the molecule is CC(N)C(OC1CCC1)C(C)(C)C. The van der Waals surface area contributed by atoms with E-state index in [1.165, 1.54) is 19.3 Å². The number of nitrogens with two attached hydrogens (primary N) is 1. The Morgan fingerprint density at radius 1 is 1.31 bits per heavy atom. The highest BCUT2D eigenvalue weighted by Gasteiger charge is 2.32. The fourth-order valence-corrected chi connectivity index (χ4v) is 1.83. The molecule has 0 aliphatic heterocycles. The van der Waals surface area contributed by atoms with Gasteiger partial charge in [-0.2, -0.15) is 0 Å². The molecule has 0 aromatic rings. The second-order valence-electron chi connectivity index (χ2n) is 5.33. The third kappa shape index (κ3) is 2.96. The van der Waals surface area contributed by atoms with Gasteiger partial charge in [0.25, 0.3) is 0 Å². The summed E-state index contributed by atoms with van der Waals surface area (Å²) in [6.07, 6.45) is 4.44. The van der Waals surface area contributed by atoms with E-state index >= 15 is 0 Å². The van der Waals surface area contributed by atoms with Gasteiger partial charge < -0.3 is 10.5 Å². The number of hydrogen-bond acceptors (Lipinski definition) is 2. The standard InChI is InChI=1S/C11H23NO/c1-8(12)10(11(2,3)4)13-9-6-5-7-9/h8-10H,5-7,12H2,1-4H3. The Morgan fingerprint density at radius 2 is 1.85 bits per heavy atom. The highest BCUT2D eigenvalue weighted by molar-refractivity contribution is 4.84. The lowest BCUT2D eigenvalue weighted by Gasteiger charge is -2.39. The van der Waals surface area contributed by atoms with Crippen LogP contribution in [0, 0.1) is 5.41 Å². The van der Waals surface area contributed by atoms with E-state index in [0.717, 1.165) is 0 Å². The lowest BCUT2D eigenvalue weighted by Crippen LogP contribution is -2.46. The molecule has 0 spiro atoms. The zero-order valence-electron chi connectivity index (χ0n) is 9.34. The first-order valence-electron chi connectivity index (χ1n) is 5.32. The summed E-state index contributed by atoms with van der Waals surface area (Å²) in [6.45, 7) is 8.62. The highest BCUT2D eigenvalue weighted by atomic mass is 16.5. The minimum atomic E-state index is 0.126. The second-order valence-corrected chi connectivity index (χ2v) is 5.33. The second kappa shape index (κ2) is 3.97. The van der Waals surface area contributed by atoms with Crippen LogP contribution in [0.4, 0.5) is 0 Å². The van der Waals surface area contributed by atoms with Gasteiger partial charge in [0.15, 0.2) is 0 Å². The van der Waals surface area contributed by atoms with Crippen molar-refractivity contribution in [2.24, 2.45) is 11.1 Å². The molecule has 0 aromatic heterocycles. The van der Waals surface area contributed by atoms with Gasteiger partial charge in [-0.25, -0.2) is 0 Å². The molecule has 1 fully saturated rings. The number of rotatable bonds is 3. The zero-order valence-corrected chi connectivity index (χ0v) is 9.34. The van der Waals surface area contributed by atoms with E-state index in [1.807, 2.05) is 6.92 Å². The van der Waals surface area contributed by atoms with Gasteiger partial charge in [-0.15, -0.1) is 0 Å². The van der Waals surface area contributed by atoms with Gasteiger partial charge in [-0.1, -0.05) is 20.8 Å². The Bertz CT molecular complexity index is 156. The van der Waals surface area contributed by atoms with Crippen molar-refractivity contribution in [2.45, 2.75) is 65.2 Å². The van der Waals surface area contributed by atoms with Gasteiger partial charge in [0.2, 0.25) is 0 Å². The van der Waals surface area contributed by atoms with E-state index in [0.29, 0.717) is 6.10 Å². The summed E-state index contributed by atoms with van der Waals surface area (Å²) in [7, 11) is 0. The van der Waals surface area contributed by atoms with Crippen LogP contribution >= 0.6 is 0 Å². The van der Waals surface area contributed by atoms with Crippen LogP contribution in [0.1, 0.15) is 47.0 Å². The summed E-state index contributed by atoms with van der Waals surface area (Å²) < 4.78 is 5.99. The molecule has 0 radical (unpaired) electrons. The predicted molar refractivity (Wildman–Crippen MR) is 55.6 cm³/mol. The van der Waals surface area contributed by atoms with Crippen molar-refractivity contribution in [2.75, 3.05) is 0 Å².